The molecule has 2 N–H and O–H groups in total. The molecule has 0 heterocycles. The van der Waals surface area contributed by atoms with Gasteiger partial charge in [-0.1, -0.05) is 188 Å². The van der Waals surface area contributed by atoms with Crippen molar-refractivity contribution >= 4 is 11.6 Å². The number of rotatable bonds is 35. The largest absolute Gasteiger partial charge is 0.360 e. The van der Waals surface area contributed by atoms with E-state index in [0.29, 0.717) is 12.8 Å². The van der Waals surface area contributed by atoms with Crippen LogP contribution in [0.1, 0.15) is 226 Å². The lowest BCUT2D eigenvalue weighted by atomic mass is 9.97. The fourth-order valence-electron chi connectivity index (χ4n) is 6.08. The highest BCUT2D eigenvalue weighted by Gasteiger charge is 2.32. The summed E-state index contributed by atoms with van der Waals surface area (Å²) in [4.78, 5) is 24.5. The Hall–Kier alpha value is -0.740. The predicted molar refractivity (Wildman–Crippen MR) is 185 cm³/mol. The van der Waals surface area contributed by atoms with Crippen LogP contribution in [0.2, 0.25) is 0 Å². The van der Waals surface area contributed by atoms with E-state index in [-0.39, 0.29) is 25.0 Å². The molecule has 0 bridgehead atoms. The Morgan fingerprint density at radius 1 is 0.465 bits per heavy atom. The van der Waals surface area contributed by atoms with Crippen LogP contribution >= 0.6 is 0 Å². The van der Waals surface area contributed by atoms with Crippen LogP contribution in [0.3, 0.4) is 0 Å². The molecule has 0 rings (SSSR count). The molecule has 0 radical (unpaired) electrons. The summed E-state index contributed by atoms with van der Waals surface area (Å²) in [5, 5.41) is 20.4. The third kappa shape index (κ3) is 31.0. The van der Waals surface area contributed by atoms with E-state index in [9.17, 15) is 19.8 Å². The molecule has 0 spiro atoms. The van der Waals surface area contributed by atoms with Crippen molar-refractivity contribution in [2.24, 2.45) is 5.92 Å². The van der Waals surface area contributed by atoms with E-state index in [2.05, 4.69) is 20.8 Å². The van der Waals surface area contributed by atoms with Gasteiger partial charge in [-0.2, -0.15) is 0 Å². The van der Waals surface area contributed by atoms with Gasteiger partial charge in [-0.05, 0) is 18.8 Å². The van der Waals surface area contributed by atoms with Gasteiger partial charge in [-0.25, -0.2) is 0 Å². The third-order valence-electron chi connectivity index (χ3n) is 9.19. The molecule has 4 heteroatoms. The molecule has 0 unspecified atom stereocenters. The van der Waals surface area contributed by atoms with Gasteiger partial charge in [0.2, 0.25) is 5.79 Å². The minimum Gasteiger partial charge on any atom is -0.360 e. The first kappa shape index (κ1) is 42.3. The SMILES string of the molecule is CCCCCCCCCCCCCCCCCCCCCC(=O)CCC(O)(O)C(=O)CCCCCCCCCCC(C)C. The molecule has 43 heavy (non-hydrogen) atoms. The van der Waals surface area contributed by atoms with Crippen LogP contribution in [0.4, 0.5) is 0 Å². The number of ketones is 2. The second-order valence-electron chi connectivity index (χ2n) is 14.2. The second kappa shape index (κ2) is 31.3. The van der Waals surface area contributed by atoms with Gasteiger partial charge in [-0.15, -0.1) is 0 Å². The lowest BCUT2D eigenvalue weighted by molar-refractivity contribution is -0.185. The number of hydrogen-bond acceptors (Lipinski definition) is 4. The maximum absolute atomic E-state index is 12.3. The molecular formula is C39H76O4. The summed E-state index contributed by atoms with van der Waals surface area (Å²) in [7, 11) is 0. The van der Waals surface area contributed by atoms with E-state index in [4.69, 9.17) is 0 Å². The molecule has 0 atom stereocenters. The first-order valence-corrected chi connectivity index (χ1v) is 19.3. The van der Waals surface area contributed by atoms with E-state index in [0.717, 1.165) is 31.6 Å². The summed E-state index contributed by atoms with van der Waals surface area (Å²) in [6.07, 6.45) is 36.3. The van der Waals surface area contributed by atoms with Crippen molar-refractivity contribution in [2.75, 3.05) is 0 Å². The van der Waals surface area contributed by atoms with Crippen molar-refractivity contribution in [3.05, 3.63) is 0 Å². The molecule has 0 aromatic heterocycles. The van der Waals surface area contributed by atoms with Crippen LogP contribution in [-0.4, -0.2) is 27.6 Å². The van der Waals surface area contributed by atoms with Crippen LogP contribution in [-0.2, 0) is 9.59 Å². The Bertz CT molecular complexity index is 612. The molecule has 0 saturated heterocycles. The summed E-state index contributed by atoms with van der Waals surface area (Å²) >= 11 is 0. The van der Waals surface area contributed by atoms with E-state index in [1.54, 1.807) is 0 Å². The first-order valence-electron chi connectivity index (χ1n) is 19.3. The van der Waals surface area contributed by atoms with Crippen molar-refractivity contribution in [1.29, 1.82) is 0 Å². The Morgan fingerprint density at radius 3 is 1.16 bits per heavy atom. The Labute approximate surface area is 269 Å². The smallest absolute Gasteiger partial charge is 0.224 e. The maximum Gasteiger partial charge on any atom is 0.224 e. The number of unbranched alkanes of at least 4 members (excludes halogenated alkanes) is 25. The molecule has 0 aliphatic heterocycles. The average Bonchev–Trinajstić information content (AvgIpc) is 2.98. The topological polar surface area (TPSA) is 74.6 Å². The van der Waals surface area contributed by atoms with Crippen LogP contribution in [0.15, 0.2) is 0 Å². The zero-order valence-corrected chi connectivity index (χ0v) is 29.4. The molecular weight excluding hydrogens is 532 g/mol. The van der Waals surface area contributed by atoms with Gasteiger partial charge in [0.15, 0.2) is 5.78 Å². The van der Waals surface area contributed by atoms with E-state index in [1.165, 1.54) is 148 Å². The third-order valence-corrected chi connectivity index (χ3v) is 9.19. The van der Waals surface area contributed by atoms with Gasteiger partial charge in [0, 0.05) is 25.7 Å². The van der Waals surface area contributed by atoms with Gasteiger partial charge < -0.3 is 10.2 Å². The zero-order chi connectivity index (χ0) is 31.9. The van der Waals surface area contributed by atoms with Crippen molar-refractivity contribution in [3.8, 4) is 0 Å². The Balaban J connectivity index is 3.49. The standard InChI is InChI=1S/C39H76O4/c1-4-5-6-7-8-9-10-11-12-13-14-15-16-17-18-19-23-26-29-32-37(40)34-35-39(42,43)38(41)33-30-27-24-21-20-22-25-28-31-36(2)3/h36,42-43H,4-35H2,1-3H3. The number of carbonyl (C=O) groups is 2. The fourth-order valence-corrected chi connectivity index (χ4v) is 6.08. The lowest BCUT2D eigenvalue weighted by Crippen LogP contribution is -2.38. The van der Waals surface area contributed by atoms with Crippen LogP contribution in [0.25, 0.3) is 0 Å². The molecule has 0 fully saturated rings. The fraction of sp³-hybridized carbons (Fsp3) is 0.949. The van der Waals surface area contributed by atoms with Gasteiger partial charge in [0.05, 0.1) is 0 Å². The second-order valence-corrected chi connectivity index (χ2v) is 14.2. The van der Waals surface area contributed by atoms with Crippen molar-refractivity contribution in [2.45, 2.75) is 232 Å². The molecule has 0 aromatic rings. The normalized spacial score (nSPS) is 12.0. The Morgan fingerprint density at radius 2 is 0.791 bits per heavy atom. The van der Waals surface area contributed by atoms with Crippen molar-refractivity contribution in [3.63, 3.8) is 0 Å². The van der Waals surface area contributed by atoms with E-state index >= 15 is 0 Å². The maximum atomic E-state index is 12.3. The number of hydrogen-bond donors (Lipinski definition) is 2. The quantitative estimate of drug-likeness (QED) is 0.0554. The van der Waals surface area contributed by atoms with Gasteiger partial charge >= 0.3 is 0 Å². The Kier molecular flexibility index (Phi) is 30.7. The predicted octanol–water partition coefficient (Wildman–Crippen LogP) is 12.0. The van der Waals surface area contributed by atoms with Crippen LogP contribution < -0.4 is 0 Å². The summed E-state index contributed by atoms with van der Waals surface area (Å²) in [5.74, 6) is -2.04. The number of carbonyl (C=O) groups excluding carboxylic acids is 2. The number of aliphatic hydroxyl groups is 2. The lowest BCUT2D eigenvalue weighted by Gasteiger charge is -2.19. The monoisotopic (exact) mass is 609 g/mol. The summed E-state index contributed by atoms with van der Waals surface area (Å²) < 4.78 is 0. The van der Waals surface area contributed by atoms with E-state index in [1.807, 2.05) is 0 Å². The van der Waals surface area contributed by atoms with Gasteiger partial charge in [-0.3, -0.25) is 9.59 Å². The molecule has 4 nitrogen and oxygen atoms in total. The minimum atomic E-state index is -2.35. The summed E-state index contributed by atoms with van der Waals surface area (Å²) in [6, 6.07) is 0. The number of Topliss-reactive ketones (excluding diaryl/α,β-unsaturated/α-hetero) is 2. The van der Waals surface area contributed by atoms with Crippen LogP contribution in [0.5, 0.6) is 0 Å². The molecule has 0 saturated carbocycles. The highest BCUT2D eigenvalue weighted by molar-refractivity contribution is 5.86. The first-order chi connectivity index (χ1) is 20.8. The summed E-state index contributed by atoms with van der Waals surface area (Å²) in [6.45, 7) is 6.83. The zero-order valence-electron chi connectivity index (χ0n) is 29.4. The molecule has 0 amide bonds. The highest BCUT2D eigenvalue weighted by atomic mass is 16.5. The van der Waals surface area contributed by atoms with Gasteiger partial charge in [0.1, 0.15) is 5.78 Å². The molecule has 0 aliphatic rings. The average molecular weight is 609 g/mol. The highest BCUT2D eigenvalue weighted by Crippen LogP contribution is 2.19. The molecule has 256 valence electrons. The summed E-state index contributed by atoms with van der Waals surface area (Å²) in [5.41, 5.74) is 0. The minimum absolute atomic E-state index is 0.0423. The molecule has 0 aromatic carbocycles. The van der Waals surface area contributed by atoms with Crippen molar-refractivity contribution in [1.82, 2.24) is 0 Å². The van der Waals surface area contributed by atoms with E-state index < -0.39 is 11.6 Å². The van der Waals surface area contributed by atoms with Crippen molar-refractivity contribution < 1.29 is 19.8 Å². The molecule has 0 aliphatic carbocycles. The van der Waals surface area contributed by atoms with Gasteiger partial charge in [0.25, 0.3) is 0 Å². The van der Waals surface area contributed by atoms with Crippen LogP contribution in [0, 0.1) is 5.92 Å².